The zero-order chi connectivity index (χ0) is 13.9. The van der Waals surface area contributed by atoms with Crippen molar-refractivity contribution in [3.8, 4) is 11.3 Å². The second kappa shape index (κ2) is 5.35. The molecule has 0 radical (unpaired) electrons. The van der Waals surface area contributed by atoms with Crippen molar-refractivity contribution >= 4 is 28.8 Å². The minimum Gasteiger partial charge on any atom is -0.386 e. The van der Waals surface area contributed by atoms with Crippen LogP contribution in [0.4, 0.5) is 5.69 Å². The molecule has 0 atom stereocenters. The van der Waals surface area contributed by atoms with Gasteiger partial charge in [-0.05, 0) is 24.3 Å². The van der Waals surface area contributed by atoms with Gasteiger partial charge in [0.05, 0.1) is 17.3 Å². The van der Waals surface area contributed by atoms with Crippen LogP contribution in [0.25, 0.3) is 16.9 Å². The molecule has 0 aliphatic heterocycles. The Morgan fingerprint density at radius 2 is 2.15 bits per heavy atom. The van der Waals surface area contributed by atoms with Crippen LogP contribution in [0.1, 0.15) is 0 Å². The Morgan fingerprint density at radius 3 is 2.95 bits per heavy atom. The number of fused-ring (bicyclic) bond motifs is 1. The Balaban J connectivity index is 2.03. The smallest absolute Gasteiger partial charge is 0.137 e. The predicted molar refractivity (Wildman–Crippen MR) is 82.6 cm³/mol. The maximum absolute atomic E-state index is 5.65. The Labute approximate surface area is 121 Å². The van der Waals surface area contributed by atoms with Crippen molar-refractivity contribution in [2.24, 2.45) is 10.7 Å². The van der Waals surface area contributed by atoms with Gasteiger partial charge in [0.1, 0.15) is 11.5 Å². The van der Waals surface area contributed by atoms with Gasteiger partial charge < -0.3 is 10.1 Å². The van der Waals surface area contributed by atoms with Crippen LogP contribution in [0.15, 0.2) is 59.9 Å². The molecule has 5 heteroatoms. The first-order chi connectivity index (χ1) is 9.76. The summed E-state index contributed by atoms with van der Waals surface area (Å²) in [5, 5.41) is 0. The quantitative estimate of drug-likeness (QED) is 0.456. The standard InChI is InChI=1S/C15H13ClN4/c16-9-14(17)18-12-5-3-4-11(8-12)13-10-20-7-2-1-6-15(20)19-13/h1-8,10H,9H2,(H2,17,18). The van der Waals surface area contributed by atoms with Gasteiger partial charge >= 0.3 is 0 Å². The van der Waals surface area contributed by atoms with Crippen molar-refractivity contribution in [1.82, 2.24) is 9.38 Å². The number of aliphatic imine (C=N–C) groups is 1. The fourth-order valence-electron chi connectivity index (χ4n) is 2.00. The van der Waals surface area contributed by atoms with E-state index in [9.17, 15) is 0 Å². The van der Waals surface area contributed by atoms with Gasteiger partial charge in [0.2, 0.25) is 0 Å². The average Bonchev–Trinajstić information content (AvgIpc) is 2.91. The number of pyridine rings is 1. The molecule has 0 unspecified atom stereocenters. The number of nitrogens with two attached hydrogens (primary N) is 1. The summed E-state index contributed by atoms with van der Waals surface area (Å²) in [6.07, 6.45) is 3.96. The first-order valence-electron chi connectivity index (χ1n) is 6.19. The van der Waals surface area contributed by atoms with Crippen LogP contribution in [-0.4, -0.2) is 21.1 Å². The lowest BCUT2D eigenvalue weighted by atomic mass is 10.1. The molecule has 0 amide bonds. The normalized spacial score (nSPS) is 11.9. The third-order valence-electron chi connectivity index (χ3n) is 2.92. The highest BCUT2D eigenvalue weighted by atomic mass is 35.5. The lowest BCUT2D eigenvalue weighted by Gasteiger charge is -2.00. The van der Waals surface area contributed by atoms with Crippen LogP contribution >= 0.6 is 11.6 Å². The Bertz CT molecular complexity index is 743. The number of aromatic nitrogens is 2. The van der Waals surface area contributed by atoms with Gasteiger partial charge in [-0.25, -0.2) is 9.98 Å². The van der Waals surface area contributed by atoms with Gasteiger partial charge in [0.15, 0.2) is 0 Å². The summed E-state index contributed by atoms with van der Waals surface area (Å²) in [5.41, 5.74) is 9.24. The maximum Gasteiger partial charge on any atom is 0.137 e. The van der Waals surface area contributed by atoms with Crippen LogP contribution in [0.5, 0.6) is 0 Å². The summed E-state index contributed by atoms with van der Waals surface area (Å²) in [6, 6.07) is 13.7. The predicted octanol–water partition coefficient (Wildman–Crippen LogP) is 3.23. The van der Waals surface area contributed by atoms with Crippen molar-refractivity contribution in [3.05, 3.63) is 54.9 Å². The van der Waals surface area contributed by atoms with Gasteiger partial charge in [-0.1, -0.05) is 18.2 Å². The van der Waals surface area contributed by atoms with E-state index in [0.717, 1.165) is 22.6 Å². The van der Waals surface area contributed by atoms with Crippen LogP contribution < -0.4 is 5.73 Å². The number of hydrogen-bond donors (Lipinski definition) is 1. The average molecular weight is 285 g/mol. The van der Waals surface area contributed by atoms with Crippen molar-refractivity contribution in [2.45, 2.75) is 0 Å². The van der Waals surface area contributed by atoms with Gasteiger partial charge in [-0.15, -0.1) is 11.6 Å². The van der Waals surface area contributed by atoms with E-state index >= 15 is 0 Å². The SMILES string of the molecule is NC(CCl)=Nc1cccc(-c2cn3ccccc3n2)c1. The van der Waals surface area contributed by atoms with Gasteiger partial charge in [0.25, 0.3) is 0 Å². The molecule has 4 nitrogen and oxygen atoms in total. The van der Waals surface area contributed by atoms with E-state index in [-0.39, 0.29) is 5.88 Å². The minimum atomic E-state index is 0.221. The Kier molecular flexibility index (Phi) is 3.39. The highest BCUT2D eigenvalue weighted by molar-refractivity contribution is 6.28. The van der Waals surface area contributed by atoms with Crippen molar-refractivity contribution < 1.29 is 0 Å². The van der Waals surface area contributed by atoms with E-state index in [1.165, 1.54) is 0 Å². The van der Waals surface area contributed by atoms with E-state index in [1.807, 2.05) is 59.3 Å². The zero-order valence-corrected chi connectivity index (χ0v) is 11.5. The highest BCUT2D eigenvalue weighted by Gasteiger charge is 2.04. The largest absolute Gasteiger partial charge is 0.386 e. The number of alkyl halides is 1. The summed E-state index contributed by atoms with van der Waals surface area (Å²) >= 11 is 5.64. The van der Waals surface area contributed by atoms with Crippen molar-refractivity contribution in [1.29, 1.82) is 0 Å². The summed E-state index contributed by atoms with van der Waals surface area (Å²) in [5.74, 6) is 0.623. The number of halogens is 1. The molecule has 0 aliphatic carbocycles. The zero-order valence-electron chi connectivity index (χ0n) is 10.7. The summed E-state index contributed by atoms with van der Waals surface area (Å²) in [7, 11) is 0. The minimum absolute atomic E-state index is 0.221. The maximum atomic E-state index is 5.65. The topological polar surface area (TPSA) is 55.7 Å². The molecule has 2 aromatic heterocycles. The number of nitrogens with zero attached hydrogens (tertiary/aromatic N) is 3. The first kappa shape index (κ1) is 12.7. The molecule has 100 valence electrons. The van der Waals surface area contributed by atoms with Crippen LogP contribution in [0.2, 0.25) is 0 Å². The third kappa shape index (κ3) is 2.51. The fraction of sp³-hybridized carbons (Fsp3) is 0.0667. The second-order valence-electron chi connectivity index (χ2n) is 4.38. The monoisotopic (exact) mass is 284 g/mol. The summed E-state index contributed by atoms with van der Waals surface area (Å²) in [6.45, 7) is 0. The molecule has 0 saturated carbocycles. The van der Waals surface area contributed by atoms with Crippen LogP contribution in [0, 0.1) is 0 Å². The number of imidazole rings is 1. The Morgan fingerprint density at radius 1 is 1.25 bits per heavy atom. The molecule has 3 aromatic rings. The number of hydrogen-bond acceptors (Lipinski definition) is 2. The molecule has 2 heterocycles. The van der Waals surface area contributed by atoms with Gasteiger partial charge in [0, 0.05) is 18.0 Å². The van der Waals surface area contributed by atoms with Gasteiger partial charge in [-0.3, -0.25) is 0 Å². The summed E-state index contributed by atoms with van der Waals surface area (Å²) < 4.78 is 1.98. The lowest BCUT2D eigenvalue weighted by Crippen LogP contribution is -2.12. The molecular weight excluding hydrogens is 272 g/mol. The molecule has 1 aromatic carbocycles. The molecule has 0 spiro atoms. The van der Waals surface area contributed by atoms with Crippen LogP contribution in [0.3, 0.4) is 0 Å². The molecule has 20 heavy (non-hydrogen) atoms. The highest BCUT2D eigenvalue weighted by Crippen LogP contribution is 2.23. The number of benzene rings is 1. The molecule has 0 aliphatic rings. The van der Waals surface area contributed by atoms with Crippen LogP contribution in [-0.2, 0) is 0 Å². The van der Waals surface area contributed by atoms with Crippen molar-refractivity contribution in [2.75, 3.05) is 5.88 Å². The molecular formula is C15H13ClN4. The lowest BCUT2D eigenvalue weighted by molar-refractivity contribution is 1.19. The van der Waals surface area contributed by atoms with E-state index < -0.39 is 0 Å². The molecule has 2 N–H and O–H groups in total. The molecule has 0 fully saturated rings. The number of rotatable bonds is 3. The molecule has 0 bridgehead atoms. The molecule has 3 rings (SSSR count). The van der Waals surface area contributed by atoms with E-state index in [4.69, 9.17) is 17.3 Å². The molecule has 0 saturated heterocycles. The second-order valence-corrected chi connectivity index (χ2v) is 4.65. The fourth-order valence-corrected chi connectivity index (χ4v) is 2.06. The Hall–Kier alpha value is -2.33. The van der Waals surface area contributed by atoms with Crippen molar-refractivity contribution in [3.63, 3.8) is 0 Å². The van der Waals surface area contributed by atoms with E-state index in [2.05, 4.69) is 9.98 Å². The third-order valence-corrected chi connectivity index (χ3v) is 3.19. The first-order valence-corrected chi connectivity index (χ1v) is 6.73. The number of amidine groups is 1. The summed E-state index contributed by atoms with van der Waals surface area (Å²) in [4.78, 5) is 8.83. The van der Waals surface area contributed by atoms with E-state index in [0.29, 0.717) is 5.84 Å². The van der Waals surface area contributed by atoms with E-state index in [1.54, 1.807) is 0 Å². The van der Waals surface area contributed by atoms with Gasteiger partial charge in [-0.2, -0.15) is 0 Å².